The Morgan fingerprint density at radius 2 is 1.79 bits per heavy atom. The summed E-state index contributed by atoms with van der Waals surface area (Å²) in [5.74, 6) is -1.03. The number of carbonyl (C=O) groups excluding carboxylic acids is 1. The predicted molar refractivity (Wildman–Crippen MR) is 44.4 cm³/mol. The van der Waals surface area contributed by atoms with Gasteiger partial charge in [0.15, 0.2) is 6.61 Å². The molecule has 0 bridgehead atoms. The lowest BCUT2D eigenvalue weighted by Crippen LogP contribution is -2.44. The number of halogens is 3. The summed E-state index contributed by atoms with van der Waals surface area (Å²) in [4.78, 5) is 11.0. The summed E-state index contributed by atoms with van der Waals surface area (Å²) >= 11 is 0. The van der Waals surface area contributed by atoms with Crippen LogP contribution in [0.5, 0.6) is 0 Å². The van der Waals surface area contributed by atoms with Crippen molar-refractivity contribution in [1.29, 1.82) is 0 Å². The van der Waals surface area contributed by atoms with Gasteiger partial charge in [0.25, 0.3) is 0 Å². The number of nitrogens with two attached hydrogens (primary N) is 1. The molecule has 0 rings (SSSR count). The van der Waals surface area contributed by atoms with E-state index in [2.05, 4.69) is 4.74 Å². The fraction of sp³-hybridized carbons (Fsp3) is 0.875. The summed E-state index contributed by atoms with van der Waals surface area (Å²) < 4.78 is 39.0. The Hall–Kier alpha value is -0.780. The van der Waals surface area contributed by atoms with Gasteiger partial charge in [0.05, 0.1) is 0 Å². The summed E-state index contributed by atoms with van der Waals surface area (Å²) in [5, 5.41) is 0. The van der Waals surface area contributed by atoms with Crippen molar-refractivity contribution in [2.45, 2.75) is 33.0 Å². The number of rotatable bonds is 2. The second-order valence-electron chi connectivity index (χ2n) is 4.07. The van der Waals surface area contributed by atoms with Crippen LogP contribution in [-0.4, -0.2) is 24.8 Å². The van der Waals surface area contributed by atoms with Gasteiger partial charge in [-0.3, -0.25) is 4.79 Å². The molecule has 0 aromatic carbocycles. The predicted octanol–water partition coefficient (Wildman–Crippen LogP) is 1.47. The van der Waals surface area contributed by atoms with E-state index in [1.54, 1.807) is 20.8 Å². The highest BCUT2D eigenvalue weighted by Gasteiger charge is 2.34. The van der Waals surface area contributed by atoms with Crippen LogP contribution in [0.4, 0.5) is 13.2 Å². The molecule has 0 spiro atoms. The van der Waals surface area contributed by atoms with Gasteiger partial charge in [0.1, 0.15) is 6.04 Å². The molecule has 0 unspecified atom stereocenters. The van der Waals surface area contributed by atoms with Gasteiger partial charge in [-0.15, -0.1) is 0 Å². The minimum atomic E-state index is -4.51. The maximum atomic E-state index is 11.7. The number of hydrogen-bond donors (Lipinski definition) is 1. The largest absolute Gasteiger partial charge is 0.455 e. The summed E-state index contributed by atoms with van der Waals surface area (Å²) in [6.07, 6.45) is -4.51. The molecule has 6 heteroatoms. The summed E-state index contributed by atoms with van der Waals surface area (Å²) in [7, 11) is 0. The highest BCUT2D eigenvalue weighted by Crippen LogP contribution is 2.20. The van der Waals surface area contributed by atoms with Crippen molar-refractivity contribution < 1.29 is 22.7 Å². The van der Waals surface area contributed by atoms with Crippen molar-refractivity contribution >= 4 is 5.97 Å². The Kier molecular flexibility index (Phi) is 3.93. The van der Waals surface area contributed by atoms with E-state index in [1.165, 1.54) is 0 Å². The zero-order chi connectivity index (χ0) is 11.6. The first-order valence-corrected chi connectivity index (χ1v) is 4.03. The Labute approximate surface area is 80.4 Å². The Morgan fingerprint density at radius 1 is 1.36 bits per heavy atom. The van der Waals surface area contributed by atoms with Crippen LogP contribution in [0.2, 0.25) is 0 Å². The number of alkyl halides is 3. The second kappa shape index (κ2) is 4.16. The van der Waals surface area contributed by atoms with Gasteiger partial charge >= 0.3 is 12.1 Å². The molecule has 0 aromatic rings. The van der Waals surface area contributed by atoms with Crippen LogP contribution in [0.1, 0.15) is 20.8 Å². The van der Waals surface area contributed by atoms with Crippen molar-refractivity contribution in [3.05, 3.63) is 0 Å². The average molecular weight is 213 g/mol. The summed E-state index contributed by atoms with van der Waals surface area (Å²) in [5.41, 5.74) is 4.77. The van der Waals surface area contributed by atoms with E-state index in [0.29, 0.717) is 0 Å². The Bertz CT molecular complexity index is 208. The monoisotopic (exact) mass is 213 g/mol. The SMILES string of the molecule is CC(C)(C)[C@H](N)C(=O)OCC(F)(F)F. The smallest absolute Gasteiger partial charge is 0.422 e. The van der Waals surface area contributed by atoms with Crippen LogP contribution >= 0.6 is 0 Å². The van der Waals surface area contributed by atoms with Gasteiger partial charge in [-0.2, -0.15) is 13.2 Å². The molecule has 0 fully saturated rings. The number of ether oxygens (including phenoxy) is 1. The molecule has 0 radical (unpaired) electrons. The first-order valence-electron chi connectivity index (χ1n) is 4.03. The molecular weight excluding hydrogens is 199 g/mol. The van der Waals surface area contributed by atoms with Crippen molar-refractivity contribution in [2.75, 3.05) is 6.61 Å². The number of esters is 1. The third kappa shape index (κ3) is 5.06. The van der Waals surface area contributed by atoms with Gasteiger partial charge in [0.2, 0.25) is 0 Å². The Balaban J connectivity index is 4.11. The maximum absolute atomic E-state index is 11.7. The molecule has 0 amide bonds. The van der Waals surface area contributed by atoms with Crippen LogP contribution < -0.4 is 5.73 Å². The lowest BCUT2D eigenvalue weighted by molar-refractivity contribution is -0.188. The molecule has 2 N–H and O–H groups in total. The molecule has 0 saturated heterocycles. The van der Waals surface area contributed by atoms with Gasteiger partial charge in [-0.1, -0.05) is 20.8 Å². The molecule has 0 aliphatic heterocycles. The summed E-state index contributed by atoms with van der Waals surface area (Å²) in [6, 6.07) is -1.05. The maximum Gasteiger partial charge on any atom is 0.422 e. The van der Waals surface area contributed by atoms with Gasteiger partial charge < -0.3 is 10.5 Å². The van der Waals surface area contributed by atoms with Gasteiger partial charge in [-0.25, -0.2) is 0 Å². The van der Waals surface area contributed by atoms with Crippen LogP contribution in [-0.2, 0) is 9.53 Å². The lowest BCUT2D eigenvalue weighted by Gasteiger charge is -2.25. The van der Waals surface area contributed by atoms with Gasteiger partial charge in [-0.05, 0) is 5.41 Å². The van der Waals surface area contributed by atoms with Crippen LogP contribution in [0, 0.1) is 5.41 Å². The molecular formula is C8H14F3NO2. The second-order valence-corrected chi connectivity index (χ2v) is 4.07. The van der Waals surface area contributed by atoms with E-state index in [1.807, 2.05) is 0 Å². The molecule has 0 saturated carbocycles. The molecule has 14 heavy (non-hydrogen) atoms. The Morgan fingerprint density at radius 3 is 2.07 bits per heavy atom. The standard InChI is InChI=1S/C8H14F3NO2/c1-7(2,3)5(12)6(13)14-4-8(9,10)11/h5H,4,12H2,1-3H3/t5-/m1/s1. The molecule has 0 heterocycles. The van der Waals surface area contributed by atoms with E-state index < -0.39 is 30.2 Å². The van der Waals surface area contributed by atoms with Crippen LogP contribution in [0.3, 0.4) is 0 Å². The normalized spacial score (nSPS) is 15.1. The average Bonchev–Trinajstić information content (AvgIpc) is 1.95. The van der Waals surface area contributed by atoms with Crippen LogP contribution in [0.15, 0.2) is 0 Å². The first kappa shape index (κ1) is 13.2. The first-order chi connectivity index (χ1) is 6.04. The highest BCUT2D eigenvalue weighted by atomic mass is 19.4. The fourth-order valence-corrected chi connectivity index (χ4v) is 0.596. The molecule has 0 aliphatic rings. The number of hydrogen-bond acceptors (Lipinski definition) is 3. The molecule has 3 nitrogen and oxygen atoms in total. The third-order valence-electron chi connectivity index (χ3n) is 1.57. The fourth-order valence-electron chi connectivity index (χ4n) is 0.596. The number of carbonyl (C=O) groups is 1. The van der Waals surface area contributed by atoms with E-state index in [9.17, 15) is 18.0 Å². The minimum Gasteiger partial charge on any atom is -0.455 e. The molecule has 1 atom stereocenters. The van der Waals surface area contributed by atoms with Crippen molar-refractivity contribution in [3.8, 4) is 0 Å². The van der Waals surface area contributed by atoms with Crippen LogP contribution in [0.25, 0.3) is 0 Å². The van der Waals surface area contributed by atoms with Gasteiger partial charge in [0, 0.05) is 0 Å². The van der Waals surface area contributed by atoms with E-state index in [0.717, 1.165) is 0 Å². The van der Waals surface area contributed by atoms with E-state index >= 15 is 0 Å². The third-order valence-corrected chi connectivity index (χ3v) is 1.57. The quantitative estimate of drug-likeness (QED) is 0.706. The summed E-state index contributed by atoms with van der Waals surface area (Å²) in [6.45, 7) is 3.35. The lowest BCUT2D eigenvalue weighted by atomic mass is 9.87. The topological polar surface area (TPSA) is 52.3 Å². The zero-order valence-electron chi connectivity index (χ0n) is 8.31. The van der Waals surface area contributed by atoms with E-state index in [-0.39, 0.29) is 0 Å². The van der Waals surface area contributed by atoms with Crippen molar-refractivity contribution in [1.82, 2.24) is 0 Å². The highest BCUT2D eigenvalue weighted by molar-refractivity contribution is 5.76. The molecule has 0 aromatic heterocycles. The van der Waals surface area contributed by atoms with Crippen molar-refractivity contribution in [2.24, 2.45) is 11.1 Å². The zero-order valence-corrected chi connectivity index (χ0v) is 8.31. The van der Waals surface area contributed by atoms with Crippen molar-refractivity contribution in [3.63, 3.8) is 0 Å². The minimum absolute atomic E-state index is 0.608. The van der Waals surface area contributed by atoms with E-state index in [4.69, 9.17) is 5.73 Å². The molecule has 0 aliphatic carbocycles. The molecule has 84 valence electrons.